The van der Waals surface area contributed by atoms with Crippen LogP contribution in [0, 0.1) is 0 Å². The van der Waals surface area contributed by atoms with E-state index < -0.39 is 0 Å². The summed E-state index contributed by atoms with van der Waals surface area (Å²) in [5.74, 6) is 2.29. The van der Waals surface area contributed by atoms with Crippen molar-refractivity contribution in [3.05, 3.63) is 23.8 Å². The van der Waals surface area contributed by atoms with Gasteiger partial charge in [0, 0.05) is 12.6 Å². The predicted molar refractivity (Wildman–Crippen MR) is 95.9 cm³/mol. The summed E-state index contributed by atoms with van der Waals surface area (Å²) >= 11 is 0. The molecule has 1 aliphatic rings. The first-order valence-electron chi connectivity index (χ1n) is 7.00. The van der Waals surface area contributed by atoms with Crippen LogP contribution in [0.2, 0.25) is 0 Å². The largest absolute Gasteiger partial charge is 0.497 e. The fourth-order valence-corrected chi connectivity index (χ4v) is 2.03. The van der Waals surface area contributed by atoms with Gasteiger partial charge in [-0.25, -0.2) is 0 Å². The van der Waals surface area contributed by atoms with E-state index in [1.165, 1.54) is 12.8 Å². The Hall–Kier alpha value is -1.18. The minimum Gasteiger partial charge on any atom is -0.497 e. The molecule has 0 atom stereocenters. The van der Waals surface area contributed by atoms with Gasteiger partial charge in [-0.2, -0.15) is 0 Å². The van der Waals surface area contributed by atoms with Crippen LogP contribution in [0.25, 0.3) is 0 Å². The molecule has 1 aromatic carbocycles. The molecule has 0 heterocycles. The number of nitrogens with zero attached hydrogens (tertiary/aromatic N) is 1. The quantitative estimate of drug-likeness (QED) is 0.316. The molecule has 6 heteroatoms. The van der Waals surface area contributed by atoms with Gasteiger partial charge in [-0.1, -0.05) is 0 Å². The Morgan fingerprint density at radius 2 is 2.10 bits per heavy atom. The molecular weight excluding hydrogens is 381 g/mol. The van der Waals surface area contributed by atoms with Gasteiger partial charge in [-0.3, -0.25) is 4.99 Å². The lowest BCUT2D eigenvalue weighted by Crippen LogP contribution is -2.33. The maximum Gasteiger partial charge on any atom is 0.188 e. The van der Waals surface area contributed by atoms with Crippen molar-refractivity contribution in [3.8, 4) is 11.5 Å². The van der Waals surface area contributed by atoms with Crippen LogP contribution in [0.4, 0.5) is 0 Å². The van der Waals surface area contributed by atoms with Gasteiger partial charge in [-0.15, -0.1) is 24.0 Å². The fraction of sp³-hybridized carbons (Fsp3) is 0.533. The van der Waals surface area contributed by atoms with E-state index in [4.69, 9.17) is 15.2 Å². The average Bonchev–Trinajstić information content (AvgIpc) is 3.27. The highest BCUT2D eigenvalue weighted by molar-refractivity contribution is 14.0. The molecule has 0 spiro atoms. The molecule has 0 unspecified atom stereocenters. The van der Waals surface area contributed by atoms with Crippen molar-refractivity contribution in [2.45, 2.75) is 31.7 Å². The number of benzene rings is 1. The van der Waals surface area contributed by atoms with Gasteiger partial charge in [0.25, 0.3) is 0 Å². The van der Waals surface area contributed by atoms with E-state index in [1.54, 1.807) is 14.2 Å². The highest BCUT2D eigenvalue weighted by Gasteiger charge is 2.21. The zero-order chi connectivity index (χ0) is 14.4. The van der Waals surface area contributed by atoms with Crippen LogP contribution in [0.5, 0.6) is 11.5 Å². The van der Waals surface area contributed by atoms with Crippen molar-refractivity contribution in [1.82, 2.24) is 5.32 Å². The monoisotopic (exact) mass is 405 g/mol. The number of guanidine groups is 1. The SMILES string of the molecule is COc1ccc(OC)c(CCCN=C(N)NC2CC2)c1.I. The Labute approximate surface area is 143 Å². The van der Waals surface area contributed by atoms with E-state index in [9.17, 15) is 0 Å². The molecule has 1 aliphatic carbocycles. The first-order chi connectivity index (χ1) is 9.72. The Morgan fingerprint density at radius 1 is 1.33 bits per heavy atom. The second-order valence-corrected chi connectivity index (χ2v) is 4.97. The maximum atomic E-state index is 5.79. The van der Waals surface area contributed by atoms with Crippen LogP contribution in [-0.4, -0.2) is 32.8 Å². The minimum atomic E-state index is 0. The molecule has 0 aliphatic heterocycles. The number of methoxy groups -OCH3 is 2. The zero-order valence-electron chi connectivity index (χ0n) is 12.6. The van der Waals surface area contributed by atoms with E-state index in [-0.39, 0.29) is 24.0 Å². The van der Waals surface area contributed by atoms with Crippen LogP contribution >= 0.6 is 24.0 Å². The highest BCUT2D eigenvalue weighted by Crippen LogP contribution is 2.25. The van der Waals surface area contributed by atoms with E-state index in [0.29, 0.717) is 18.5 Å². The van der Waals surface area contributed by atoms with Gasteiger partial charge in [0.05, 0.1) is 14.2 Å². The second kappa shape index (κ2) is 8.96. The first-order valence-corrected chi connectivity index (χ1v) is 7.00. The number of nitrogens with two attached hydrogens (primary N) is 1. The van der Waals surface area contributed by atoms with Crippen molar-refractivity contribution in [2.24, 2.45) is 10.7 Å². The molecule has 21 heavy (non-hydrogen) atoms. The Bertz CT molecular complexity index is 476. The molecular formula is C15H24IN3O2. The summed E-state index contributed by atoms with van der Waals surface area (Å²) < 4.78 is 10.6. The standard InChI is InChI=1S/C15H23N3O2.HI/c1-19-13-7-8-14(20-2)11(10-13)4-3-9-17-15(16)18-12-5-6-12;/h7-8,10,12H,3-6,9H2,1-2H3,(H3,16,17,18);1H. The van der Waals surface area contributed by atoms with E-state index in [0.717, 1.165) is 29.9 Å². The van der Waals surface area contributed by atoms with Gasteiger partial charge in [0.2, 0.25) is 0 Å². The Kier molecular flexibility index (Phi) is 7.63. The van der Waals surface area contributed by atoms with Crippen LogP contribution < -0.4 is 20.5 Å². The van der Waals surface area contributed by atoms with Gasteiger partial charge in [0.15, 0.2) is 5.96 Å². The third-order valence-electron chi connectivity index (χ3n) is 3.30. The summed E-state index contributed by atoms with van der Waals surface area (Å²) in [6.07, 6.45) is 4.23. The third kappa shape index (κ3) is 5.99. The van der Waals surface area contributed by atoms with Crippen LogP contribution in [-0.2, 0) is 6.42 Å². The molecule has 1 saturated carbocycles. The summed E-state index contributed by atoms with van der Waals surface area (Å²) in [6, 6.07) is 6.39. The number of rotatable bonds is 7. The second-order valence-electron chi connectivity index (χ2n) is 4.97. The number of halogens is 1. The average molecular weight is 405 g/mol. The molecule has 1 aromatic rings. The summed E-state index contributed by atoms with van der Waals surface area (Å²) in [6.45, 7) is 0.714. The molecule has 0 saturated heterocycles. The van der Waals surface area contributed by atoms with Gasteiger partial charge in [-0.05, 0) is 49.4 Å². The Balaban J connectivity index is 0.00000220. The minimum absolute atomic E-state index is 0. The number of ether oxygens (including phenoxy) is 2. The summed E-state index contributed by atoms with van der Waals surface area (Å²) in [5.41, 5.74) is 6.92. The smallest absolute Gasteiger partial charge is 0.188 e. The normalized spacial score (nSPS) is 14.3. The summed E-state index contributed by atoms with van der Waals surface area (Å²) in [5, 5.41) is 3.18. The number of aliphatic imine (C=N–C) groups is 1. The van der Waals surface area contributed by atoms with Crippen molar-refractivity contribution in [2.75, 3.05) is 20.8 Å². The Morgan fingerprint density at radius 3 is 2.71 bits per heavy atom. The predicted octanol–water partition coefficient (Wildman–Crippen LogP) is 2.32. The number of hydrogen-bond acceptors (Lipinski definition) is 3. The molecule has 3 N–H and O–H groups in total. The topological polar surface area (TPSA) is 68.9 Å². The van der Waals surface area contributed by atoms with Crippen LogP contribution in [0.1, 0.15) is 24.8 Å². The van der Waals surface area contributed by atoms with Crippen molar-refractivity contribution < 1.29 is 9.47 Å². The molecule has 118 valence electrons. The van der Waals surface area contributed by atoms with Crippen LogP contribution in [0.3, 0.4) is 0 Å². The molecule has 5 nitrogen and oxygen atoms in total. The molecule has 0 aromatic heterocycles. The summed E-state index contributed by atoms with van der Waals surface area (Å²) in [4.78, 5) is 4.33. The molecule has 0 bridgehead atoms. The van der Waals surface area contributed by atoms with Crippen molar-refractivity contribution in [3.63, 3.8) is 0 Å². The van der Waals surface area contributed by atoms with E-state index >= 15 is 0 Å². The van der Waals surface area contributed by atoms with Gasteiger partial charge in [0.1, 0.15) is 11.5 Å². The highest BCUT2D eigenvalue weighted by atomic mass is 127. The number of aryl methyl sites for hydroxylation is 1. The molecule has 2 rings (SSSR count). The first kappa shape index (κ1) is 17.9. The third-order valence-corrected chi connectivity index (χ3v) is 3.30. The van der Waals surface area contributed by atoms with Gasteiger partial charge < -0.3 is 20.5 Å². The molecule has 0 radical (unpaired) electrons. The van der Waals surface area contributed by atoms with Crippen LogP contribution in [0.15, 0.2) is 23.2 Å². The van der Waals surface area contributed by atoms with E-state index in [2.05, 4.69) is 10.3 Å². The lowest BCUT2D eigenvalue weighted by Gasteiger charge is -2.10. The summed E-state index contributed by atoms with van der Waals surface area (Å²) in [7, 11) is 3.35. The van der Waals surface area contributed by atoms with E-state index in [1.807, 2.05) is 18.2 Å². The fourth-order valence-electron chi connectivity index (χ4n) is 2.03. The molecule has 0 amide bonds. The number of nitrogens with one attached hydrogen (secondary N) is 1. The zero-order valence-corrected chi connectivity index (χ0v) is 14.9. The molecule has 1 fully saturated rings. The number of hydrogen-bond donors (Lipinski definition) is 2. The van der Waals surface area contributed by atoms with Gasteiger partial charge >= 0.3 is 0 Å². The van der Waals surface area contributed by atoms with Crippen molar-refractivity contribution in [1.29, 1.82) is 0 Å². The maximum absolute atomic E-state index is 5.79. The lowest BCUT2D eigenvalue weighted by molar-refractivity contribution is 0.398. The lowest BCUT2D eigenvalue weighted by atomic mass is 10.1. The van der Waals surface area contributed by atoms with Crippen molar-refractivity contribution >= 4 is 29.9 Å².